The summed E-state index contributed by atoms with van der Waals surface area (Å²) >= 11 is 0. The summed E-state index contributed by atoms with van der Waals surface area (Å²) in [4.78, 5) is 11.8. The van der Waals surface area contributed by atoms with Gasteiger partial charge in [0, 0.05) is 12.0 Å². The van der Waals surface area contributed by atoms with E-state index in [-0.39, 0.29) is 5.78 Å². The maximum atomic E-state index is 11.8. The van der Waals surface area contributed by atoms with E-state index in [4.69, 9.17) is 5.73 Å². The fourth-order valence-corrected chi connectivity index (χ4v) is 1.51. The summed E-state index contributed by atoms with van der Waals surface area (Å²) in [5.74, 6) is 0.520. The lowest BCUT2D eigenvalue weighted by Crippen LogP contribution is -2.17. The molecule has 2 nitrogen and oxygen atoms in total. The van der Waals surface area contributed by atoms with Crippen molar-refractivity contribution in [2.75, 3.05) is 6.54 Å². The molecule has 1 aromatic rings. The molecule has 0 aliphatic rings. The summed E-state index contributed by atoms with van der Waals surface area (Å²) in [5.41, 5.74) is 7.56. The minimum Gasteiger partial charge on any atom is -0.330 e. The van der Waals surface area contributed by atoms with Gasteiger partial charge in [-0.2, -0.15) is 0 Å². The van der Waals surface area contributed by atoms with Crippen LogP contribution in [-0.4, -0.2) is 12.3 Å². The minimum absolute atomic E-state index is 0.201. The highest BCUT2D eigenvalue weighted by Crippen LogP contribution is 2.12. The number of hydrogen-bond acceptors (Lipinski definition) is 2. The number of benzene rings is 1. The molecule has 0 spiro atoms. The molecule has 0 saturated carbocycles. The Kier molecular flexibility index (Phi) is 4.50. The standard InChI is InChI=1S/C13H19NO/c1-3-11(9-14)8-13(15)12-6-4-10(2)5-7-12/h4-7,11H,3,8-9,14H2,1-2H3. The molecule has 15 heavy (non-hydrogen) atoms. The highest BCUT2D eigenvalue weighted by Gasteiger charge is 2.11. The van der Waals surface area contributed by atoms with Crippen LogP contribution in [0.1, 0.15) is 35.7 Å². The van der Waals surface area contributed by atoms with Gasteiger partial charge in [0.15, 0.2) is 5.78 Å². The van der Waals surface area contributed by atoms with Crippen LogP contribution in [0.4, 0.5) is 0 Å². The average Bonchev–Trinajstić information content (AvgIpc) is 2.26. The monoisotopic (exact) mass is 205 g/mol. The lowest BCUT2D eigenvalue weighted by Gasteiger charge is -2.10. The van der Waals surface area contributed by atoms with E-state index < -0.39 is 0 Å². The molecule has 1 atom stereocenters. The Morgan fingerprint density at radius 2 is 1.93 bits per heavy atom. The van der Waals surface area contributed by atoms with Crippen molar-refractivity contribution in [1.29, 1.82) is 0 Å². The number of rotatable bonds is 5. The summed E-state index contributed by atoms with van der Waals surface area (Å²) in [6.45, 7) is 4.68. The fraction of sp³-hybridized carbons (Fsp3) is 0.462. The number of carbonyl (C=O) groups is 1. The molecule has 0 saturated heterocycles. The van der Waals surface area contributed by atoms with Crippen LogP contribution in [0, 0.1) is 12.8 Å². The third kappa shape index (κ3) is 3.48. The second-order valence-corrected chi connectivity index (χ2v) is 4.00. The molecule has 0 heterocycles. The lowest BCUT2D eigenvalue weighted by molar-refractivity contribution is 0.0961. The molecule has 1 unspecified atom stereocenters. The molecular weight excluding hydrogens is 186 g/mol. The van der Waals surface area contributed by atoms with Gasteiger partial charge in [0.1, 0.15) is 0 Å². The van der Waals surface area contributed by atoms with Crippen molar-refractivity contribution in [3.8, 4) is 0 Å². The highest BCUT2D eigenvalue weighted by molar-refractivity contribution is 5.96. The van der Waals surface area contributed by atoms with Gasteiger partial charge in [0.2, 0.25) is 0 Å². The van der Waals surface area contributed by atoms with Gasteiger partial charge < -0.3 is 5.73 Å². The van der Waals surface area contributed by atoms with Crippen molar-refractivity contribution in [3.05, 3.63) is 35.4 Å². The molecule has 2 heteroatoms. The van der Waals surface area contributed by atoms with Gasteiger partial charge >= 0.3 is 0 Å². The van der Waals surface area contributed by atoms with Gasteiger partial charge in [0.25, 0.3) is 0 Å². The van der Waals surface area contributed by atoms with E-state index in [1.165, 1.54) is 5.56 Å². The van der Waals surface area contributed by atoms with Crippen molar-refractivity contribution in [1.82, 2.24) is 0 Å². The second kappa shape index (κ2) is 5.66. The Bertz CT molecular complexity index is 312. The van der Waals surface area contributed by atoms with E-state index in [1.807, 2.05) is 31.2 Å². The summed E-state index contributed by atoms with van der Waals surface area (Å²) in [5, 5.41) is 0. The minimum atomic E-state index is 0.201. The lowest BCUT2D eigenvalue weighted by atomic mass is 9.96. The first-order chi connectivity index (χ1) is 7.17. The third-order valence-corrected chi connectivity index (χ3v) is 2.76. The van der Waals surface area contributed by atoms with E-state index in [9.17, 15) is 4.79 Å². The van der Waals surface area contributed by atoms with Crippen LogP contribution in [0.15, 0.2) is 24.3 Å². The van der Waals surface area contributed by atoms with Crippen LogP contribution in [0.3, 0.4) is 0 Å². The van der Waals surface area contributed by atoms with Crippen molar-refractivity contribution >= 4 is 5.78 Å². The van der Waals surface area contributed by atoms with Crippen LogP contribution in [0.25, 0.3) is 0 Å². The smallest absolute Gasteiger partial charge is 0.163 e. The SMILES string of the molecule is CCC(CN)CC(=O)c1ccc(C)cc1. The molecule has 0 bridgehead atoms. The normalized spacial score (nSPS) is 12.5. The molecule has 1 aromatic carbocycles. The number of nitrogens with two attached hydrogens (primary N) is 1. The first-order valence-corrected chi connectivity index (χ1v) is 5.47. The summed E-state index contributed by atoms with van der Waals surface area (Å²) < 4.78 is 0. The molecular formula is C13H19NO. The largest absolute Gasteiger partial charge is 0.330 e. The van der Waals surface area contributed by atoms with E-state index >= 15 is 0 Å². The quantitative estimate of drug-likeness (QED) is 0.751. The molecule has 0 amide bonds. The van der Waals surface area contributed by atoms with Gasteiger partial charge in [0.05, 0.1) is 0 Å². The number of hydrogen-bond donors (Lipinski definition) is 1. The number of aryl methyl sites for hydroxylation is 1. The predicted octanol–water partition coefficient (Wildman–Crippen LogP) is 2.55. The van der Waals surface area contributed by atoms with Gasteiger partial charge in [-0.25, -0.2) is 0 Å². The van der Waals surface area contributed by atoms with Crippen LogP contribution in [0.5, 0.6) is 0 Å². The number of carbonyl (C=O) groups excluding carboxylic acids is 1. The van der Waals surface area contributed by atoms with E-state index in [0.717, 1.165) is 12.0 Å². The van der Waals surface area contributed by atoms with Gasteiger partial charge in [-0.3, -0.25) is 4.79 Å². The van der Waals surface area contributed by atoms with E-state index in [0.29, 0.717) is 18.9 Å². The summed E-state index contributed by atoms with van der Waals surface area (Å²) in [6, 6.07) is 7.72. The summed E-state index contributed by atoms with van der Waals surface area (Å²) in [7, 11) is 0. The Balaban J connectivity index is 2.64. The Labute approximate surface area is 91.5 Å². The molecule has 0 aliphatic heterocycles. The van der Waals surface area contributed by atoms with Gasteiger partial charge in [-0.15, -0.1) is 0 Å². The third-order valence-electron chi connectivity index (χ3n) is 2.76. The molecule has 2 N–H and O–H groups in total. The van der Waals surface area contributed by atoms with Crippen molar-refractivity contribution in [3.63, 3.8) is 0 Å². The number of ketones is 1. The summed E-state index contributed by atoms with van der Waals surface area (Å²) in [6.07, 6.45) is 1.53. The van der Waals surface area contributed by atoms with Gasteiger partial charge in [-0.05, 0) is 19.4 Å². The fourth-order valence-electron chi connectivity index (χ4n) is 1.51. The zero-order chi connectivity index (χ0) is 11.3. The molecule has 0 fully saturated rings. The Hall–Kier alpha value is -1.15. The van der Waals surface area contributed by atoms with Crippen molar-refractivity contribution < 1.29 is 4.79 Å². The molecule has 0 aromatic heterocycles. The second-order valence-electron chi connectivity index (χ2n) is 4.00. The first kappa shape index (κ1) is 11.9. The molecule has 0 aliphatic carbocycles. The number of Topliss-reactive ketones (excluding diaryl/α,β-unsaturated/α-hetero) is 1. The van der Waals surface area contributed by atoms with E-state index in [2.05, 4.69) is 6.92 Å². The maximum Gasteiger partial charge on any atom is 0.163 e. The van der Waals surface area contributed by atoms with Crippen molar-refractivity contribution in [2.45, 2.75) is 26.7 Å². The predicted molar refractivity (Wildman–Crippen MR) is 63.0 cm³/mol. The average molecular weight is 205 g/mol. The van der Waals surface area contributed by atoms with Crippen LogP contribution < -0.4 is 5.73 Å². The van der Waals surface area contributed by atoms with Gasteiger partial charge in [-0.1, -0.05) is 43.2 Å². The maximum absolute atomic E-state index is 11.8. The van der Waals surface area contributed by atoms with Crippen LogP contribution >= 0.6 is 0 Å². The van der Waals surface area contributed by atoms with Crippen LogP contribution in [-0.2, 0) is 0 Å². The molecule has 82 valence electrons. The first-order valence-electron chi connectivity index (χ1n) is 5.47. The topological polar surface area (TPSA) is 43.1 Å². The zero-order valence-electron chi connectivity index (χ0n) is 9.49. The molecule has 0 radical (unpaired) electrons. The van der Waals surface area contributed by atoms with Crippen molar-refractivity contribution in [2.24, 2.45) is 11.7 Å². The van der Waals surface area contributed by atoms with Crippen LogP contribution in [0.2, 0.25) is 0 Å². The highest BCUT2D eigenvalue weighted by atomic mass is 16.1. The Morgan fingerprint density at radius 3 is 2.40 bits per heavy atom. The zero-order valence-corrected chi connectivity index (χ0v) is 9.49. The van der Waals surface area contributed by atoms with E-state index in [1.54, 1.807) is 0 Å². The Morgan fingerprint density at radius 1 is 1.33 bits per heavy atom. The molecule has 1 rings (SSSR count).